The molecule has 5 unspecified atom stereocenters. The van der Waals surface area contributed by atoms with E-state index in [2.05, 4.69) is 0 Å². The number of hydrogen-bond acceptors (Lipinski definition) is 11. The number of ether oxygens (including phenoxy) is 3. The number of rotatable bonds is 6. The third-order valence-electron chi connectivity index (χ3n) is 4.66. The average molecular weight is 450 g/mol. The molecule has 0 amide bonds. The third-order valence-corrected chi connectivity index (χ3v) is 4.66. The molecule has 0 spiro atoms. The van der Waals surface area contributed by atoms with Crippen LogP contribution in [0, 0.1) is 0 Å². The van der Waals surface area contributed by atoms with Crippen molar-refractivity contribution >= 4 is 12.0 Å². The SMILES string of the molecule is O=C(C=Cc1ccc(O)c(O)c1)OCC1OC(Oc2ccc(O)cc2O)C(O)C(O)C1O. The largest absolute Gasteiger partial charge is 0.508 e. The molecule has 1 fully saturated rings. The molecule has 11 heteroatoms. The minimum absolute atomic E-state index is 0.161. The van der Waals surface area contributed by atoms with Crippen molar-refractivity contribution in [2.24, 2.45) is 0 Å². The predicted molar refractivity (Wildman–Crippen MR) is 107 cm³/mol. The summed E-state index contributed by atoms with van der Waals surface area (Å²) in [6.07, 6.45) is -5.44. The Bertz CT molecular complexity index is 990. The Morgan fingerprint density at radius 3 is 2.34 bits per heavy atom. The number of carbonyl (C=O) groups is 1. The van der Waals surface area contributed by atoms with Gasteiger partial charge in [-0.2, -0.15) is 0 Å². The van der Waals surface area contributed by atoms with Gasteiger partial charge in [0.25, 0.3) is 0 Å². The highest BCUT2D eigenvalue weighted by Crippen LogP contribution is 2.33. The van der Waals surface area contributed by atoms with Gasteiger partial charge in [0.15, 0.2) is 23.0 Å². The maximum absolute atomic E-state index is 12.0. The zero-order chi connectivity index (χ0) is 23.4. The number of esters is 1. The molecule has 1 aliphatic rings. The van der Waals surface area contributed by atoms with Crippen LogP contribution in [0.3, 0.4) is 0 Å². The van der Waals surface area contributed by atoms with Crippen LogP contribution in [0.5, 0.6) is 28.7 Å². The van der Waals surface area contributed by atoms with Crippen LogP contribution in [0.25, 0.3) is 6.08 Å². The summed E-state index contributed by atoms with van der Waals surface area (Å²) in [5, 5.41) is 68.2. The monoisotopic (exact) mass is 450 g/mol. The minimum Gasteiger partial charge on any atom is -0.508 e. The predicted octanol–water partition coefficient (Wildman–Crippen LogP) is -0.0480. The molecule has 2 aromatic rings. The van der Waals surface area contributed by atoms with Crippen molar-refractivity contribution < 1.29 is 54.8 Å². The third kappa shape index (κ3) is 5.39. The van der Waals surface area contributed by atoms with E-state index in [4.69, 9.17) is 14.2 Å². The Hall–Kier alpha value is -3.51. The first kappa shape index (κ1) is 23.2. The maximum atomic E-state index is 12.0. The number of carbonyl (C=O) groups excluding carboxylic acids is 1. The number of hydrogen-bond donors (Lipinski definition) is 7. The number of aliphatic hydroxyl groups excluding tert-OH is 3. The Balaban J connectivity index is 1.61. The first-order valence-electron chi connectivity index (χ1n) is 9.41. The average Bonchev–Trinajstić information content (AvgIpc) is 2.75. The quantitative estimate of drug-likeness (QED) is 0.178. The van der Waals surface area contributed by atoms with Crippen LogP contribution in [-0.4, -0.2) is 79.0 Å². The fraction of sp³-hybridized carbons (Fsp3) is 0.286. The van der Waals surface area contributed by atoms with Crippen LogP contribution in [0.15, 0.2) is 42.5 Å². The highest BCUT2D eigenvalue weighted by molar-refractivity contribution is 5.87. The Kier molecular flexibility index (Phi) is 7.05. The molecule has 1 heterocycles. The minimum atomic E-state index is -1.70. The van der Waals surface area contributed by atoms with Crippen LogP contribution >= 0.6 is 0 Å². The number of aliphatic hydroxyl groups is 3. The lowest BCUT2D eigenvalue weighted by Crippen LogP contribution is -2.60. The molecule has 2 aromatic carbocycles. The lowest BCUT2D eigenvalue weighted by Gasteiger charge is -2.39. The fourth-order valence-electron chi connectivity index (χ4n) is 2.90. The molecule has 32 heavy (non-hydrogen) atoms. The second kappa shape index (κ2) is 9.75. The van der Waals surface area contributed by atoms with Crippen molar-refractivity contribution in [1.82, 2.24) is 0 Å². The topological polar surface area (TPSA) is 186 Å². The van der Waals surface area contributed by atoms with Gasteiger partial charge in [-0.3, -0.25) is 0 Å². The molecule has 7 N–H and O–H groups in total. The zero-order valence-electron chi connectivity index (χ0n) is 16.5. The Labute approximate surface area is 181 Å². The number of phenolic OH excluding ortho intramolecular Hbond substituents is 4. The van der Waals surface area contributed by atoms with E-state index in [0.29, 0.717) is 5.56 Å². The second-order valence-corrected chi connectivity index (χ2v) is 7.00. The van der Waals surface area contributed by atoms with Crippen LogP contribution in [-0.2, 0) is 14.3 Å². The molecule has 0 bridgehead atoms. The van der Waals surface area contributed by atoms with Crippen molar-refractivity contribution in [3.8, 4) is 28.7 Å². The van der Waals surface area contributed by atoms with Crippen LogP contribution in [0.1, 0.15) is 5.56 Å². The molecule has 11 nitrogen and oxygen atoms in total. The van der Waals surface area contributed by atoms with Gasteiger partial charge in [0.2, 0.25) is 6.29 Å². The lowest BCUT2D eigenvalue weighted by atomic mass is 9.99. The Morgan fingerprint density at radius 2 is 1.66 bits per heavy atom. The van der Waals surface area contributed by atoms with Gasteiger partial charge in [-0.25, -0.2) is 4.79 Å². The van der Waals surface area contributed by atoms with E-state index in [9.17, 15) is 40.5 Å². The summed E-state index contributed by atoms with van der Waals surface area (Å²) in [4.78, 5) is 12.0. The van der Waals surface area contributed by atoms with E-state index in [1.54, 1.807) is 0 Å². The molecule has 5 atom stereocenters. The van der Waals surface area contributed by atoms with Crippen molar-refractivity contribution in [1.29, 1.82) is 0 Å². The maximum Gasteiger partial charge on any atom is 0.330 e. The molecule has 172 valence electrons. The van der Waals surface area contributed by atoms with E-state index >= 15 is 0 Å². The summed E-state index contributed by atoms with van der Waals surface area (Å²) in [5.41, 5.74) is 0.409. The first-order chi connectivity index (χ1) is 15.2. The van der Waals surface area contributed by atoms with Gasteiger partial charge >= 0.3 is 5.97 Å². The molecule has 1 aliphatic heterocycles. The van der Waals surface area contributed by atoms with Gasteiger partial charge in [-0.1, -0.05) is 6.07 Å². The zero-order valence-corrected chi connectivity index (χ0v) is 16.5. The summed E-state index contributed by atoms with van der Waals surface area (Å²) in [7, 11) is 0. The van der Waals surface area contributed by atoms with Crippen molar-refractivity contribution in [2.45, 2.75) is 30.7 Å². The van der Waals surface area contributed by atoms with Gasteiger partial charge in [0, 0.05) is 12.1 Å². The number of phenols is 4. The fourth-order valence-corrected chi connectivity index (χ4v) is 2.90. The summed E-state index contributed by atoms with van der Waals surface area (Å²) < 4.78 is 15.7. The van der Waals surface area contributed by atoms with Crippen molar-refractivity contribution in [3.63, 3.8) is 0 Å². The molecular weight excluding hydrogens is 428 g/mol. The van der Waals surface area contributed by atoms with Crippen LogP contribution < -0.4 is 4.74 Å². The number of aromatic hydroxyl groups is 4. The molecule has 0 radical (unpaired) electrons. The van der Waals surface area contributed by atoms with E-state index < -0.39 is 49.0 Å². The van der Waals surface area contributed by atoms with Crippen molar-refractivity contribution in [2.75, 3.05) is 6.61 Å². The molecule has 0 aliphatic carbocycles. The van der Waals surface area contributed by atoms with E-state index in [1.165, 1.54) is 36.4 Å². The molecule has 0 saturated carbocycles. The molecular formula is C21H22O11. The molecule has 1 saturated heterocycles. The Morgan fingerprint density at radius 1 is 0.906 bits per heavy atom. The van der Waals surface area contributed by atoms with Gasteiger partial charge < -0.3 is 50.0 Å². The van der Waals surface area contributed by atoms with Gasteiger partial charge in [0.05, 0.1) is 0 Å². The summed E-state index contributed by atoms with van der Waals surface area (Å²) >= 11 is 0. The normalized spacial score (nSPS) is 25.5. The van der Waals surface area contributed by atoms with Gasteiger partial charge in [-0.15, -0.1) is 0 Å². The van der Waals surface area contributed by atoms with E-state index in [-0.39, 0.29) is 23.0 Å². The van der Waals surface area contributed by atoms with Crippen LogP contribution in [0.2, 0.25) is 0 Å². The smallest absolute Gasteiger partial charge is 0.330 e. The second-order valence-electron chi connectivity index (χ2n) is 7.00. The molecule has 3 rings (SSSR count). The van der Waals surface area contributed by atoms with E-state index in [1.807, 2.05) is 0 Å². The lowest BCUT2D eigenvalue weighted by molar-refractivity contribution is -0.278. The first-order valence-corrected chi connectivity index (χ1v) is 9.41. The highest BCUT2D eigenvalue weighted by atomic mass is 16.7. The summed E-state index contributed by atoms with van der Waals surface area (Å²) in [5.74, 6) is -2.34. The van der Waals surface area contributed by atoms with E-state index in [0.717, 1.165) is 12.1 Å². The van der Waals surface area contributed by atoms with Crippen molar-refractivity contribution in [3.05, 3.63) is 48.0 Å². The standard InChI is InChI=1S/C21H22O11/c22-11-3-5-15(14(25)8-11)31-21-20(29)19(28)18(27)16(32-21)9-30-17(26)6-2-10-1-4-12(23)13(24)7-10/h1-8,16,18-25,27-29H,9H2. The van der Waals surface area contributed by atoms with Gasteiger partial charge in [0.1, 0.15) is 36.8 Å². The molecule has 0 aromatic heterocycles. The summed E-state index contributed by atoms with van der Waals surface area (Å²) in [6.45, 7) is -0.504. The number of benzene rings is 2. The van der Waals surface area contributed by atoms with Crippen LogP contribution in [0.4, 0.5) is 0 Å². The summed E-state index contributed by atoms with van der Waals surface area (Å²) in [6, 6.07) is 7.34. The highest BCUT2D eigenvalue weighted by Gasteiger charge is 2.45. The van der Waals surface area contributed by atoms with Gasteiger partial charge in [-0.05, 0) is 35.9 Å².